The Labute approximate surface area is 172 Å². The molecule has 1 atom stereocenters. The third-order valence-corrected chi connectivity index (χ3v) is 6.20. The maximum Gasteiger partial charge on any atom is 0.191 e. The smallest absolute Gasteiger partial charge is 0.191 e. The van der Waals surface area contributed by atoms with Crippen LogP contribution in [0.3, 0.4) is 0 Å². The monoisotopic (exact) mass is 400 g/mol. The molecular weight excluding hydrogens is 368 g/mol. The molecule has 5 nitrogen and oxygen atoms in total. The Kier molecular flexibility index (Phi) is 7.89. The summed E-state index contributed by atoms with van der Waals surface area (Å²) >= 11 is 1.82. The molecule has 3 rings (SSSR count). The van der Waals surface area contributed by atoms with E-state index in [9.17, 15) is 0 Å². The highest BCUT2D eigenvalue weighted by Crippen LogP contribution is 2.25. The topological polar surface area (TPSA) is 48.9 Å². The van der Waals surface area contributed by atoms with Crippen LogP contribution in [0.4, 0.5) is 0 Å². The zero-order valence-electron chi connectivity index (χ0n) is 17.2. The molecule has 2 heterocycles. The van der Waals surface area contributed by atoms with Gasteiger partial charge in [-0.3, -0.25) is 9.89 Å². The summed E-state index contributed by atoms with van der Waals surface area (Å²) in [7, 11) is 1.83. The first kappa shape index (κ1) is 20.8. The zero-order chi connectivity index (χ0) is 19.8. The molecule has 28 heavy (non-hydrogen) atoms. The van der Waals surface area contributed by atoms with Gasteiger partial charge in [0, 0.05) is 38.1 Å². The quantitative estimate of drug-likeness (QED) is 0.554. The summed E-state index contributed by atoms with van der Waals surface area (Å²) in [5.74, 6) is 0.861. The Morgan fingerprint density at radius 3 is 2.71 bits per heavy atom. The summed E-state index contributed by atoms with van der Waals surface area (Å²) in [6.07, 6.45) is 0.991. The second-order valence-electron chi connectivity index (χ2n) is 7.24. The molecule has 0 radical (unpaired) electrons. The van der Waals surface area contributed by atoms with Gasteiger partial charge in [-0.25, -0.2) is 0 Å². The van der Waals surface area contributed by atoms with Crippen LogP contribution in [0.1, 0.15) is 27.6 Å². The largest absolute Gasteiger partial charge is 0.379 e. The third-order valence-electron chi connectivity index (χ3n) is 5.23. The number of hydrogen-bond acceptors (Lipinski definition) is 4. The zero-order valence-corrected chi connectivity index (χ0v) is 18.0. The minimum atomic E-state index is 0.349. The summed E-state index contributed by atoms with van der Waals surface area (Å²) in [6.45, 7) is 9.60. The number of aryl methyl sites for hydroxylation is 2. The van der Waals surface area contributed by atoms with Gasteiger partial charge in [0.05, 0.1) is 19.3 Å². The van der Waals surface area contributed by atoms with Crippen LogP contribution < -0.4 is 10.6 Å². The lowest BCUT2D eigenvalue weighted by molar-refractivity contribution is 0.0177. The number of ether oxygens (including phenoxy) is 1. The average molecular weight is 401 g/mol. The second kappa shape index (κ2) is 10.6. The molecule has 1 unspecified atom stereocenters. The number of nitrogens with one attached hydrogen (secondary N) is 2. The maximum absolute atomic E-state index is 5.53. The fraction of sp³-hybridized carbons (Fsp3) is 0.500. The lowest BCUT2D eigenvalue weighted by Crippen LogP contribution is -2.46. The summed E-state index contributed by atoms with van der Waals surface area (Å²) in [5, 5.41) is 9.14. The van der Waals surface area contributed by atoms with Crippen LogP contribution in [0.5, 0.6) is 0 Å². The van der Waals surface area contributed by atoms with E-state index in [-0.39, 0.29) is 0 Å². The highest BCUT2D eigenvalue weighted by atomic mass is 32.1. The molecule has 1 aromatic carbocycles. The number of morpholine rings is 1. The van der Waals surface area contributed by atoms with Gasteiger partial charge in [-0.2, -0.15) is 0 Å². The van der Waals surface area contributed by atoms with Gasteiger partial charge < -0.3 is 15.4 Å². The Morgan fingerprint density at radius 1 is 1.21 bits per heavy atom. The molecule has 1 saturated heterocycles. The van der Waals surface area contributed by atoms with Crippen molar-refractivity contribution in [2.45, 2.75) is 26.3 Å². The Hall–Kier alpha value is -1.89. The van der Waals surface area contributed by atoms with Gasteiger partial charge in [-0.1, -0.05) is 29.8 Å². The third kappa shape index (κ3) is 5.80. The minimum absolute atomic E-state index is 0.349. The van der Waals surface area contributed by atoms with Gasteiger partial charge in [0.25, 0.3) is 0 Å². The number of aliphatic imine (C=N–C) groups is 1. The fourth-order valence-corrected chi connectivity index (χ4v) is 4.50. The first-order chi connectivity index (χ1) is 13.7. The second-order valence-corrected chi connectivity index (χ2v) is 8.22. The van der Waals surface area contributed by atoms with Crippen molar-refractivity contribution in [1.29, 1.82) is 0 Å². The van der Waals surface area contributed by atoms with Crippen LogP contribution >= 0.6 is 11.3 Å². The number of guanidine groups is 1. The highest BCUT2D eigenvalue weighted by molar-refractivity contribution is 7.10. The van der Waals surface area contributed by atoms with Crippen LogP contribution in [0.2, 0.25) is 0 Å². The normalized spacial score (nSPS) is 16.8. The Bertz CT molecular complexity index is 754. The molecule has 0 bridgehead atoms. The average Bonchev–Trinajstić information content (AvgIpc) is 3.23. The predicted molar refractivity (Wildman–Crippen MR) is 118 cm³/mol. The van der Waals surface area contributed by atoms with E-state index in [1.807, 2.05) is 18.4 Å². The molecule has 0 spiro atoms. The van der Waals surface area contributed by atoms with Crippen LogP contribution in [0, 0.1) is 13.8 Å². The van der Waals surface area contributed by atoms with Crippen LogP contribution in [-0.2, 0) is 11.2 Å². The van der Waals surface area contributed by atoms with Crippen molar-refractivity contribution in [2.24, 2.45) is 4.99 Å². The molecule has 6 heteroatoms. The van der Waals surface area contributed by atoms with E-state index in [2.05, 4.69) is 70.1 Å². The Morgan fingerprint density at radius 2 is 2.04 bits per heavy atom. The molecule has 152 valence electrons. The van der Waals surface area contributed by atoms with Gasteiger partial charge >= 0.3 is 0 Å². The minimum Gasteiger partial charge on any atom is -0.379 e. The molecule has 0 aliphatic carbocycles. The number of nitrogens with zero attached hydrogens (tertiary/aromatic N) is 2. The molecular formula is C22H32N4OS. The van der Waals surface area contributed by atoms with Crippen LogP contribution in [0.15, 0.2) is 40.7 Å². The number of rotatable bonds is 7. The van der Waals surface area contributed by atoms with Crippen LogP contribution in [-0.4, -0.2) is 57.3 Å². The van der Waals surface area contributed by atoms with Crippen molar-refractivity contribution in [3.05, 3.63) is 57.3 Å². The van der Waals surface area contributed by atoms with E-state index in [4.69, 9.17) is 4.74 Å². The van der Waals surface area contributed by atoms with E-state index in [0.29, 0.717) is 6.04 Å². The van der Waals surface area contributed by atoms with Gasteiger partial charge in [-0.05, 0) is 42.8 Å². The van der Waals surface area contributed by atoms with Crippen molar-refractivity contribution in [3.8, 4) is 0 Å². The van der Waals surface area contributed by atoms with Crippen molar-refractivity contribution in [2.75, 3.05) is 46.4 Å². The number of hydrogen-bond donors (Lipinski definition) is 2. The van der Waals surface area contributed by atoms with Gasteiger partial charge in [0.15, 0.2) is 5.96 Å². The number of thiophene rings is 1. The summed E-state index contributed by atoms with van der Waals surface area (Å²) in [6, 6.07) is 11.4. The summed E-state index contributed by atoms with van der Waals surface area (Å²) in [4.78, 5) is 8.30. The molecule has 1 fully saturated rings. The molecule has 1 aromatic heterocycles. The molecule has 1 aliphatic rings. The summed E-state index contributed by atoms with van der Waals surface area (Å²) in [5.41, 5.74) is 4.06. The molecule has 0 saturated carbocycles. The first-order valence-corrected chi connectivity index (χ1v) is 10.9. The van der Waals surface area contributed by atoms with E-state index < -0.39 is 0 Å². The molecule has 0 amide bonds. The fourth-order valence-electron chi connectivity index (χ4n) is 3.64. The van der Waals surface area contributed by atoms with E-state index in [1.165, 1.54) is 21.6 Å². The summed E-state index contributed by atoms with van der Waals surface area (Å²) < 4.78 is 5.53. The first-order valence-electron chi connectivity index (χ1n) is 10.0. The van der Waals surface area contributed by atoms with E-state index in [0.717, 1.165) is 51.8 Å². The van der Waals surface area contributed by atoms with Gasteiger partial charge in [0.2, 0.25) is 0 Å². The van der Waals surface area contributed by atoms with E-state index in [1.54, 1.807) is 0 Å². The lowest BCUT2D eigenvalue weighted by atomic mass is 10.0. The van der Waals surface area contributed by atoms with Gasteiger partial charge in [0.1, 0.15) is 0 Å². The molecule has 2 N–H and O–H groups in total. The number of benzene rings is 1. The molecule has 1 aliphatic heterocycles. The highest BCUT2D eigenvalue weighted by Gasteiger charge is 2.23. The SMILES string of the molecule is CN=C(NCCc1ccc(C)cc1C)NCC(c1cccs1)N1CCOCC1. The maximum atomic E-state index is 5.53. The lowest BCUT2D eigenvalue weighted by Gasteiger charge is -2.34. The Balaban J connectivity index is 1.52. The van der Waals surface area contributed by atoms with Crippen molar-refractivity contribution < 1.29 is 4.74 Å². The van der Waals surface area contributed by atoms with E-state index >= 15 is 0 Å². The predicted octanol–water partition coefficient (Wildman–Crippen LogP) is 3.15. The van der Waals surface area contributed by atoms with Crippen molar-refractivity contribution >= 4 is 17.3 Å². The van der Waals surface area contributed by atoms with Crippen molar-refractivity contribution in [3.63, 3.8) is 0 Å². The van der Waals surface area contributed by atoms with Crippen molar-refractivity contribution in [1.82, 2.24) is 15.5 Å². The van der Waals surface area contributed by atoms with Gasteiger partial charge in [-0.15, -0.1) is 11.3 Å². The molecule has 2 aromatic rings. The van der Waals surface area contributed by atoms with Crippen LogP contribution in [0.25, 0.3) is 0 Å². The standard InChI is InChI=1S/C22H32N4OS/c1-17-6-7-19(18(2)15-17)8-9-24-22(23-3)25-16-20(21-5-4-14-28-21)26-10-12-27-13-11-26/h4-7,14-15,20H,8-13,16H2,1-3H3,(H2,23,24,25).